The molecule has 1 N–H and O–H groups in total. The number of ketones is 1. The lowest BCUT2D eigenvalue weighted by atomic mass is 9.92. The fraction of sp³-hybridized carbons (Fsp3) is 0.333. The highest BCUT2D eigenvalue weighted by atomic mass is 79.9. The van der Waals surface area contributed by atoms with Crippen LogP contribution in [0.4, 0.5) is 0 Å². The molecule has 0 saturated carbocycles. The van der Waals surface area contributed by atoms with Gasteiger partial charge in [-0.25, -0.2) is 0 Å². The summed E-state index contributed by atoms with van der Waals surface area (Å²) in [5, 5.41) is 4.37. The maximum absolute atomic E-state index is 11.2. The molecule has 1 aliphatic rings. The third-order valence-electron chi connectivity index (χ3n) is 3.14. The van der Waals surface area contributed by atoms with Crippen LogP contribution in [0.15, 0.2) is 40.0 Å². The van der Waals surface area contributed by atoms with Crippen molar-refractivity contribution in [2.24, 2.45) is 11.0 Å². The number of benzene rings is 1. The van der Waals surface area contributed by atoms with E-state index in [1.807, 2.05) is 18.2 Å². The quantitative estimate of drug-likeness (QED) is 0.927. The fourth-order valence-electron chi connectivity index (χ4n) is 2.23. The summed E-state index contributed by atoms with van der Waals surface area (Å²) < 4.78 is 0.958. The lowest BCUT2D eigenvalue weighted by Gasteiger charge is -2.22. The molecule has 0 bridgehead atoms. The number of rotatable bonds is 3. The number of nitrogens with zero attached hydrogens (tertiary/aromatic N) is 1. The molecule has 1 heterocycles. The first kappa shape index (κ1) is 14.0. The first-order valence-electron chi connectivity index (χ1n) is 6.27. The Kier molecular flexibility index (Phi) is 4.20. The van der Waals surface area contributed by atoms with E-state index in [-0.39, 0.29) is 5.78 Å². The molecule has 3 nitrogen and oxygen atoms in total. The van der Waals surface area contributed by atoms with Crippen molar-refractivity contribution in [3.05, 3.63) is 46.1 Å². The summed E-state index contributed by atoms with van der Waals surface area (Å²) in [6, 6.07) is 6.04. The fourth-order valence-corrected chi connectivity index (χ4v) is 2.75. The molecule has 0 amide bonds. The number of hydrogen-bond donors (Lipinski definition) is 1. The molecule has 0 aromatic heterocycles. The number of hydrazone groups is 1. The molecular weight excluding hydrogens is 304 g/mol. The number of carbonyl (C=O) groups excluding carboxylic acids is 1. The number of allylic oxidation sites excluding steroid dienone is 1. The maximum Gasteiger partial charge on any atom is 0.134 e. The molecule has 4 heteroatoms. The molecule has 0 aliphatic carbocycles. The van der Waals surface area contributed by atoms with E-state index in [9.17, 15) is 4.79 Å². The topological polar surface area (TPSA) is 41.5 Å². The van der Waals surface area contributed by atoms with Gasteiger partial charge in [0.25, 0.3) is 0 Å². The van der Waals surface area contributed by atoms with Crippen LogP contribution in [0.25, 0.3) is 0 Å². The summed E-state index contributed by atoms with van der Waals surface area (Å²) in [7, 11) is 0. The molecule has 0 radical (unpaired) electrons. The van der Waals surface area contributed by atoms with Gasteiger partial charge in [-0.2, -0.15) is 5.10 Å². The third-order valence-corrected chi connectivity index (χ3v) is 3.88. The van der Waals surface area contributed by atoms with Crippen molar-refractivity contribution in [1.29, 1.82) is 0 Å². The predicted molar refractivity (Wildman–Crippen MR) is 81.1 cm³/mol. The Morgan fingerprint density at radius 1 is 1.58 bits per heavy atom. The summed E-state index contributed by atoms with van der Waals surface area (Å²) in [5.74, 6) is 0.508. The van der Waals surface area contributed by atoms with Gasteiger partial charge in [-0.3, -0.25) is 10.2 Å². The molecule has 0 fully saturated rings. The van der Waals surface area contributed by atoms with Gasteiger partial charge in [0.1, 0.15) is 5.78 Å². The lowest BCUT2D eigenvalue weighted by molar-refractivity contribution is -0.116. The highest BCUT2D eigenvalue weighted by Crippen LogP contribution is 2.24. The highest BCUT2D eigenvalue weighted by Gasteiger charge is 2.19. The van der Waals surface area contributed by atoms with E-state index < -0.39 is 0 Å². The van der Waals surface area contributed by atoms with Crippen molar-refractivity contribution in [2.45, 2.75) is 26.7 Å². The number of halogens is 1. The first-order chi connectivity index (χ1) is 8.97. The van der Waals surface area contributed by atoms with Crippen molar-refractivity contribution < 1.29 is 4.79 Å². The molecule has 1 aromatic rings. The second-order valence-corrected chi connectivity index (χ2v) is 5.86. The van der Waals surface area contributed by atoms with Gasteiger partial charge >= 0.3 is 0 Å². The van der Waals surface area contributed by atoms with Gasteiger partial charge in [-0.05, 0) is 30.5 Å². The van der Waals surface area contributed by atoms with Crippen LogP contribution in [0.5, 0.6) is 0 Å². The van der Waals surface area contributed by atoms with Gasteiger partial charge < -0.3 is 0 Å². The van der Waals surface area contributed by atoms with Crippen LogP contribution in [0.3, 0.4) is 0 Å². The van der Waals surface area contributed by atoms with Gasteiger partial charge in [0, 0.05) is 22.5 Å². The summed E-state index contributed by atoms with van der Waals surface area (Å²) in [6.45, 7) is 7.63. The van der Waals surface area contributed by atoms with E-state index in [1.165, 1.54) is 0 Å². The maximum atomic E-state index is 11.2. The van der Waals surface area contributed by atoms with Gasteiger partial charge in [0.2, 0.25) is 0 Å². The minimum absolute atomic E-state index is 0.162. The molecule has 19 heavy (non-hydrogen) atoms. The molecular formula is C15H17BrN2O. The molecule has 0 saturated heterocycles. The van der Waals surface area contributed by atoms with Gasteiger partial charge in [0.05, 0.1) is 5.71 Å². The second kappa shape index (κ2) is 5.70. The Hall–Kier alpha value is -1.42. The molecule has 0 spiro atoms. The minimum Gasteiger partial charge on any atom is -0.300 e. The Bertz CT molecular complexity index is 563. The van der Waals surface area contributed by atoms with Crippen LogP contribution in [-0.4, -0.2) is 11.5 Å². The van der Waals surface area contributed by atoms with Crippen molar-refractivity contribution in [3.63, 3.8) is 0 Å². The molecule has 1 aromatic carbocycles. The molecule has 1 atom stereocenters. The standard InChI is InChI=1S/C15H17BrN2O/c1-9-6-10(2)17-18-15(9)13-5-4-12(7-11(3)19)14(16)8-13/h4-5,8-9,17H,2,6-7H2,1,3H3/t9-/m1/s1. The zero-order valence-corrected chi connectivity index (χ0v) is 12.8. The van der Waals surface area contributed by atoms with Crippen molar-refractivity contribution >= 4 is 27.4 Å². The zero-order chi connectivity index (χ0) is 14.0. The Morgan fingerprint density at radius 2 is 2.32 bits per heavy atom. The van der Waals surface area contributed by atoms with Crippen molar-refractivity contribution in [3.8, 4) is 0 Å². The lowest BCUT2D eigenvalue weighted by Crippen LogP contribution is -2.25. The summed E-state index contributed by atoms with van der Waals surface area (Å²) >= 11 is 3.53. The number of nitrogens with one attached hydrogen (secondary N) is 1. The molecule has 100 valence electrons. The van der Waals surface area contributed by atoms with Crippen molar-refractivity contribution in [2.75, 3.05) is 0 Å². The van der Waals surface area contributed by atoms with Crippen molar-refractivity contribution in [1.82, 2.24) is 5.43 Å². The van der Waals surface area contributed by atoms with Crippen LogP contribution >= 0.6 is 15.9 Å². The number of Topliss-reactive ketones (excluding diaryl/α,β-unsaturated/α-hetero) is 1. The monoisotopic (exact) mass is 320 g/mol. The Morgan fingerprint density at radius 3 is 2.89 bits per heavy atom. The first-order valence-corrected chi connectivity index (χ1v) is 7.06. The van der Waals surface area contributed by atoms with Crippen LogP contribution in [-0.2, 0) is 11.2 Å². The van der Waals surface area contributed by atoms with Gasteiger partial charge in [-0.15, -0.1) is 0 Å². The van der Waals surface area contributed by atoms with Crippen LogP contribution in [0.1, 0.15) is 31.4 Å². The predicted octanol–water partition coefficient (Wildman–Crippen LogP) is 3.43. The smallest absolute Gasteiger partial charge is 0.134 e. The largest absolute Gasteiger partial charge is 0.300 e. The minimum atomic E-state index is 0.162. The van der Waals surface area contributed by atoms with Crippen LogP contribution in [0.2, 0.25) is 0 Å². The van der Waals surface area contributed by atoms with E-state index in [4.69, 9.17) is 0 Å². The number of carbonyl (C=O) groups is 1. The molecule has 0 unspecified atom stereocenters. The Labute approximate surface area is 121 Å². The van der Waals surface area contributed by atoms with E-state index in [1.54, 1.807) is 6.92 Å². The third kappa shape index (κ3) is 3.32. The highest BCUT2D eigenvalue weighted by molar-refractivity contribution is 9.10. The van der Waals surface area contributed by atoms with E-state index in [2.05, 4.69) is 40.0 Å². The van der Waals surface area contributed by atoms with Gasteiger partial charge in [0.15, 0.2) is 0 Å². The SMILES string of the molecule is C=C1C[C@@H](C)C(c2ccc(CC(C)=O)c(Br)c2)=NN1. The average Bonchev–Trinajstić information content (AvgIpc) is 2.31. The van der Waals surface area contributed by atoms with Crippen LogP contribution < -0.4 is 5.43 Å². The summed E-state index contributed by atoms with van der Waals surface area (Å²) in [6.07, 6.45) is 1.35. The molecule has 2 rings (SSSR count). The van der Waals surface area contributed by atoms with E-state index >= 15 is 0 Å². The van der Waals surface area contributed by atoms with Gasteiger partial charge in [-0.1, -0.05) is 41.6 Å². The summed E-state index contributed by atoms with van der Waals surface area (Å²) in [4.78, 5) is 11.2. The summed E-state index contributed by atoms with van der Waals surface area (Å²) in [5.41, 5.74) is 7.02. The second-order valence-electron chi connectivity index (χ2n) is 5.00. The normalized spacial score (nSPS) is 18.8. The van der Waals surface area contributed by atoms with Crippen LogP contribution in [0, 0.1) is 5.92 Å². The Balaban J connectivity index is 2.29. The number of hydrogen-bond acceptors (Lipinski definition) is 3. The zero-order valence-electron chi connectivity index (χ0n) is 11.2. The van der Waals surface area contributed by atoms with E-state index in [0.717, 1.165) is 33.4 Å². The van der Waals surface area contributed by atoms with E-state index in [0.29, 0.717) is 12.3 Å². The molecule has 1 aliphatic heterocycles. The average molecular weight is 321 g/mol.